The van der Waals surface area contributed by atoms with E-state index in [0.29, 0.717) is 16.6 Å². The highest BCUT2D eigenvalue weighted by Crippen LogP contribution is 2.46. The van der Waals surface area contributed by atoms with Crippen LogP contribution in [-0.4, -0.2) is 59.6 Å². The molecule has 4 aromatic rings. The molecular formula is C31H26ClF5N4O7. The number of hydrogen-bond acceptors (Lipinski definition) is 9. The lowest BCUT2D eigenvalue weighted by atomic mass is 9.93. The van der Waals surface area contributed by atoms with Crippen LogP contribution in [0.4, 0.5) is 22.0 Å². The number of hydrogen-bond donors (Lipinski definition) is 3. The Balaban J connectivity index is 1.59. The molecule has 2 aromatic heterocycles. The predicted octanol–water partition coefficient (Wildman–Crippen LogP) is 5.20. The quantitative estimate of drug-likeness (QED) is 0.190. The number of carbonyl (C=O) groups is 2. The smallest absolute Gasteiger partial charge is 0.494 e. The molecule has 254 valence electrons. The molecule has 0 saturated heterocycles. The summed E-state index contributed by atoms with van der Waals surface area (Å²) in [5.74, 6) is -2.88. The van der Waals surface area contributed by atoms with Gasteiger partial charge in [-0.25, -0.2) is 9.97 Å². The molecule has 4 N–H and O–H groups in total. The first-order chi connectivity index (χ1) is 22.5. The average Bonchev–Trinajstić information content (AvgIpc) is 3.32. The van der Waals surface area contributed by atoms with Gasteiger partial charge in [0.2, 0.25) is 11.5 Å². The van der Waals surface area contributed by atoms with Crippen LogP contribution in [-0.2, 0) is 16.8 Å². The fraction of sp³-hybridized carbons (Fsp3) is 0.290. The number of carbonyl (C=O) groups excluding carboxylic acids is 2. The van der Waals surface area contributed by atoms with Gasteiger partial charge in [-0.3, -0.25) is 9.59 Å². The van der Waals surface area contributed by atoms with Crippen molar-refractivity contribution < 1.29 is 55.6 Å². The van der Waals surface area contributed by atoms with Gasteiger partial charge >= 0.3 is 12.5 Å². The zero-order valence-corrected chi connectivity index (χ0v) is 26.1. The number of aliphatic hydroxyl groups is 1. The number of nitrogens with zero attached hydrogens (tertiary/aromatic N) is 2. The van der Waals surface area contributed by atoms with E-state index in [0.717, 1.165) is 18.2 Å². The number of fused-ring (bicyclic) bond motifs is 2. The highest BCUT2D eigenvalue weighted by molar-refractivity contribution is 6.31. The van der Waals surface area contributed by atoms with E-state index < -0.39 is 54.3 Å². The summed E-state index contributed by atoms with van der Waals surface area (Å²) in [6.45, 7) is 1.68. The van der Waals surface area contributed by atoms with Crippen LogP contribution in [0.2, 0.25) is 5.02 Å². The summed E-state index contributed by atoms with van der Waals surface area (Å²) in [7, 11) is 1.31. The average molecular weight is 697 g/mol. The van der Waals surface area contributed by atoms with Gasteiger partial charge in [0.1, 0.15) is 22.7 Å². The van der Waals surface area contributed by atoms with E-state index in [1.54, 1.807) is 13.8 Å². The first kappa shape index (κ1) is 34.4. The number of aryl methyl sites for hydroxylation is 1. The summed E-state index contributed by atoms with van der Waals surface area (Å²) in [6, 6.07) is 8.15. The molecule has 1 aliphatic rings. The Morgan fingerprint density at radius 2 is 1.79 bits per heavy atom. The Morgan fingerprint density at radius 3 is 2.44 bits per heavy atom. The summed E-state index contributed by atoms with van der Waals surface area (Å²) < 4.78 is 91.5. The van der Waals surface area contributed by atoms with E-state index in [2.05, 4.69) is 24.8 Å². The van der Waals surface area contributed by atoms with E-state index in [9.17, 15) is 36.6 Å². The van der Waals surface area contributed by atoms with E-state index >= 15 is 0 Å². The zero-order valence-electron chi connectivity index (χ0n) is 25.3. The van der Waals surface area contributed by atoms with Crippen molar-refractivity contribution in [1.29, 1.82) is 0 Å². The van der Waals surface area contributed by atoms with Gasteiger partial charge < -0.3 is 35.1 Å². The standard InChI is InChI=1S/C31H26ClF5N4O7/c1-4-46-27-17(12-24(38)42)11-23(41-26(27)15-5-6-20-21(9-15)48-31(36,37)47-20)29(44,30(33,34)35)13-39-28(43)18-7-16-8-19(32)14(2)40-25(16)22(10-18)45-3/h5-11,44H,4,12-13H2,1-3H3,(H2,38,42)(H,39,43)/t29-/m0/s1. The maximum Gasteiger partial charge on any atom is 0.586 e. The molecule has 17 heteroatoms. The third-order valence-corrected chi connectivity index (χ3v) is 7.65. The van der Waals surface area contributed by atoms with Crippen LogP contribution in [0.1, 0.15) is 34.2 Å². The molecule has 0 saturated carbocycles. The van der Waals surface area contributed by atoms with E-state index in [1.807, 2.05) is 0 Å². The van der Waals surface area contributed by atoms with Gasteiger partial charge in [-0.2, -0.15) is 13.2 Å². The van der Waals surface area contributed by atoms with Gasteiger partial charge in [0.25, 0.3) is 5.91 Å². The molecule has 0 unspecified atom stereocenters. The monoisotopic (exact) mass is 696 g/mol. The highest BCUT2D eigenvalue weighted by atomic mass is 35.5. The number of pyridine rings is 2. The number of nitrogens with two attached hydrogens (primary N) is 1. The summed E-state index contributed by atoms with van der Waals surface area (Å²) in [5, 5.41) is 14.0. The SMILES string of the molecule is CCOc1c(CC(N)=O)cc([C@@](O)(CNC(=O)c2cc(OC)c3nc(C)c(Cl)cc3c2)C(F)(F)F)nc1-c1ccc2c(c1)OC(F)(F)O2. The van der Waals surface area contributed by atoms with Crippen LogP contribution in [0.5, 0.6) is 23.0 Å². The number of halogens is 6. The van der Waals surface area contributed by atoms with Gasteiger partial charge in [-0.1, -0.05) is 11.6 Å². The molecule has 2 amide bonds. The summed E-state index contributed by atoms with van der Waals surface area (Å²) in [6.07, 6.45) is -10.1. The minimum atomic E-state index is -5.46. The van der Waals surface area contributed by atoms with Gasteiger partial charge in [-0.15, -0.1) is 8.78 Å². The topological polar surface area (TPSA) is 155 Å². The molecule has 0 bridgehead atoms. The molecule has 0 spiro atoms. The Morgan fingerprint density at radius 1 is 1.08 bits per heavy atom. The number of aromatic nitrogens is 2. The van der Waals surface area contributed by atoms with E-state index in [4.69, 9.17) is 26.8 Å². The van der Waals surface area contributed by atoms with E-state index in [1.165, 1.54) is 31.4 Å². The molecule has 0 fully saturated rings. The lowest BCUT2D eigenvalue weighted by Crippen LogP contribution is -2.51. The fourth-order valence-electron chi connectivity index (χ4n) is 4.97. The Kier molecular flexibility index (Phi) is 9.01. The van der Waals surface area contributed by atoms with Crippen molar-refractivity contribution in [1.82, 2.24) is 15.3 Å². The molecule has 2 aromatic carbocycles. The number of rotatable bonds is 10. The van der Waals surface area contributed by atoms with Crippen molar-refractivity contribution in [3.05, 3.63) is 70.0 Å². The van der Waals surface area contributed by atoms with Crippen molar-refractivity contribution in [3.63, 3.8) is 0 Å². The number of alkyl halides is 5. The second-order valence-corrected chi connectivity index (χ2v) is 11.0. The minimum absolute atomic E-state index is 0.0580. The zero-order chi connectivity index (χ0) is 35.2. The molecule has 48 heavy (non-hydrogen) atoms. The molecule has 1 atom stereocenters. The summed E-state index contributed by atoms with van der Waals surface area (Å²) >= 11 is 6.17. The molecule has 1 aliphatic heterocycles. The van der Waals surface area contributed by atoms with Crippen molar-refractivity contribution in [2.24, 2.45) is 5.73 Å². The number of benzene rings is 2. The fourth-order valence-corrected chi connectivity index (χ4v) is 5.13. The molecule has 11 nitrogen and oxygen atoms in total. The summed E-state index contributed by atoms with van der Waals surface area (Å²) in [4.78, 5) is 33.6. The maximum atomic E-state index is 14.8. The molecule has 3 heterocycles. The number of amides is 2. The van der Waals surface area contributed by atoms with E-state index in [-0.39, 0.29) is 51.3 Å². The van der Waals surface area contributed by atoms with Crippen molar-refractivity contribution in [2.45, 2.75) is 38.3 Å². The van der Waals surface area contributed by atoms with Crippen LogP contribution < -0.4 is 30.0 Å². The number of ether oxygens (including phenoxy) is 4. The number of methoxy groups -OCH3 is 1. The second-order valence-electron chi connectivity index (χ2n) is 10.6. The van der Waals surface area contributed by atoms with Crippen molar-refractivity contribution in [3.8, 4) is 34.3 Å². The Bertz CT molecular complexity index is 1940. The highest BCUT2D eigenvalue weighted by Gasteiger charge is 2.57. The van der Waals surface area contributed by atoms with Crippen LogP contribution >= 0.6 is 11.6 Å². The van der Waals surface area contributed by atoms with Crippen LogP contribution in [0.15, 0.2) is 42.5 Å². The number of primary amides is 1. The molecular weight excluding hydrogens is 671 g/mol. The van der Waals surface area contributed by atoms with Crippen LogP contribution in [0.25, 0.3) is 22.2 Å². The summed E-state index contributed by atoms with van der Waals surface area (Å²) in [5.41, 5.74) is 0.463. The van der Waals surface area contributed by atoms with Gasteiger partial charge in [0.15, 0.2) is 11.5 Å². The third kappa shape index (κ3) is 6.57. The molecule has 0 aliphatic carbocycles. The van der Waals surface area contributed by atoms with Gasteiger partial charge in [-0.05, 0) is 56.3 Å². The van der Waals surface area contributed by atoms with Crippen molar-refractivity contribution >= 4 is 34.3 Å². The maximum absolute atomic E-state index is 14.8. The Hall–Kier alpha value is -4.96. The Labute approximate surface area is 273 Å². The minimum Gasteiger partial charge on any atom is -0.494 e. The first-order valence-corrected chi connectivity index (χ1v) is 14.4. The van der Waals surface area contributed by atoms with Crippen molar-refractivity contribution in [2.75, 3.05) is 20.3 Å². The lowest BCUT2D eigenvalue weighted by molar-refractivity contribution is -0.286. The molecule has 5 rings (SSSR count). The number of nitrogens with one attached hydrogen (secondary N) is 1. The van der Waals surface area contributed by atoms with Crippen LogP contribution in [0, 0.1) is 6.92 Å². The third-order valence-electron chi connectivity index (χ3n) is 7.27. The second kappa shape index (κ2) is 12.6. The molecule has 0 radical (unpaired) electrons. The first-order valence-electron chi connectivity index (χ1n) is 14.0. The van der Waals surface area contributed by atoms with Crippen LogP contribution in [0.3, 0.4) is 0 Å². The largest absolute Gasteiger partial charge is 0.586 e. The normalized spacial score (nSPS) is 14.8. The lowest BCUT2D eigenvalue weighted by Gasteiger charge is -2.31. The predicted molar refractivity (Wildman–Crippen MR) is 160 cm³/mol. The van der Waals surface area contributed by atoms with Gasteiger partial charge in [0.05, 0.1) is 43.1 Å². The van der Waals surface area contributed by atoms with Gasteiger partial charge in [0, 0.05) is 22.1 Å².